The van der Waals surface area contributed by atoms with Crippen molar-refractivity contribution in [1.29, 1.82) is 0 Å². The highest BCUT2D eigenvalue weighted by molar-refractivity contribution is 7.90. The zero-order valence-corrected chi connectivity index (χ0v) is 10.3. The number of rotatable bonds is 5. The van der Waals surface area contributed by atoms with Crippen LogP contribution in [0, 0.1) is 0 Å². The van der Waals surface area contributed by atoms with Crippen molar-refractivity contribution >= 4 is 11.4 Å². The molecule has 0 saturated heterocycles. The molecule has 15 heavy (non-hydrogen) atoms. The first-order valence-electron chi connectivity index (χ1n) is 4.78. The summed E-state index contributed by atoms with van der Waals surface area (Å²) >= 11 is -1.53. The van der Waals surface area contributed by atoms with Gasteiger partial charge in [-0.1, -0.05) is 0 Å². The lowest BCUT2D eigenvalue weighted by Gasteiger charge is -2.29. The van der Waals surface area contributed by atoms with Gasteiger partial charge in [-0.25, -0.2) is 8.78 Å². The zero-order valence-electron chi connectivity index (χ0n) is 9.51. The molecule has 0 rings (SSSR count). The Morgan fingerprint density at radius 2 is 1.87 bits per heavy atom. The van der Waals surface area contributed by atoms with Gasteiger partial charge >= 0.3 is 0 Å². The van der Waals surface area contributed by atoms with Crippen LogP contribution in [0.4, 0.5) is 8.78 Å². The SMILES string of the molecule is C[C@H](N[S+]([O-])C(C)(C)C)C(F)(F)CCO. The van der Waals surface area contributed by atoms with Gasteiger partial charge in [0.25, 0.3) is 5.92 Å². The lowest BCUT2D eigenvalue weighted by Crippen LogP contribution is -2.50. The van der Waals surface area contributed by atoms with Crippen LogP contribution in [0.25, 0.3) is 0 Å². The van der Waals surface area contributed by atoms with Crippen LogP contribution in [-0.2, 0) is 11.4 Å². The highest BCUT2D eigenvalue weighted by atomic mass is 32.2. The molecule has 0 amide bonds. The quantitative estimate of drug-likeness (QED) is 0.718. The number of alkyl halides is 2. The Morgan fingerprint density at radius 1 is 1.40 bits per heavy atom. The lowest BCUT2D eigenvalue weighted by atomic mass is 10.1. The molecule has 0 spiro atoms. The fourth-order valence-electron chi connectivity index (χ4n) is 0.789. The predicted octanol–water partition coefficient (Wildman–Crippen LogP) is 1.44. The van der Waals surface area contributed by atoms with Crippen LogP contribution in [0.3, 0.4) is 0 Å². The van der Waals surface area contributed by atoms with Crippen molar-refractivity contribution in [1.82, 2.24) is 4.72 Å². The highest BCUT2D eigenvalue weighted by Crippen LogP contribution is 2.24. The third-order valence-electron chi connectivity index (χ3n) is 1.92. The van der Waals surface area contributed by atoms with E-state index in [-0.39, 0.29) is 0 Å². The van der Waals surface area contributed by atoms with Gasteiger partial charge in [-0.15, -0.1) is 4.72 Å². The van der Waals surface area contributed by atoms with E-state index in [9.17, 15) is 13.3 Å². The molecule has 0 aromatic carbocycles. The smallest absolute Gasteiger partial charge is 0.269 e. The fourth-order valence-corrected chi connectivity index (χ4v) is 1.64. The van der Waals surface area contributed by atoms with Crippen LogP contribution in [0.2, 0.25) is 0 Å². The van der Waals surface area contributed by atoms with E-state index in [1.165, 1.54) is 6.92 Å². The number of aliphatic hydroxyl groups excluding tert-OH is 1. The Labute approximate surface area is 92.6 Å². The van der Waals surface area contributed by atoms with Crippen LogP contribution in [0.15, 0.2) is 0 Å². The molecule has 0 aliphatic carbocycles. The number of halogens is 2. The van der Waals surface area contributed by atoms with E-state index >= 15 is 0 Å². The second-order valence-electron chi connectivity index (χ2n) is 4.46. The van der Waals surface area contributed by atoms with E-state index in [2.05, 4.69) is 4.72 Å². The summed E-state index contributed by atoms with van der Waals surface area (Å²) in [5.74, 6) is -3.05. The molecule has 0 aromatic heterocycles. The predicted molar refractivity (Wildman–Crippen MR) is 57.1 cm³/mol. The maximum Gasteiger partial charge on any atom is 0.269 e. The van der Waals surface area contributed by atoms with Crippen molar-refractivity contribution < 1.29 is 18.4 Å². The summed E-state index contributed by atoms with van der Waals surface area (Å²) in [5.41, 5.74) is 0. The van der Waals surface area contributed by atoms with E-state index in [0.29, 0.717) is 0 Å². The maximum atomic E-state index is 13.2. The average Bonchev–Trinajstić information content (AvgIpc) is 2.01. The molecule has 3 nitrogen and oxygen atoms in total. The molecule has 6 heteroatoms. The van der Waals surface area contributed by atoms with Gasteiger partial charge in [0.2, 0.25) is 0 Å². The number of hydrogen-bond acceptors (Lipinski definition) is 3. The molecule has 0 fully saturated rings. The Morgan fingerprint density at radius 3 is 2.20 bits per heavy atom. The lowest BCUT2D eigenvalue weighted by molar-refractivity contribution is -0.0441. The highest BCUT2D eigenvalue weighted by Gasteiger charge is 2.40. The van der Waals surface area contributed by atoms with E-state index < -0.39 is 41.1 Å². The summed E-state index contributed by atoms with van der Waals surface area (Å²) in [6.45, 7) is 5.79. The summed E-state index contributed by atoms with van der Waals surface area (Å²) in [7, 11) is 0. The Balaban J connectivity index is 4.30. The second-order valence-corrected chi connectivity index (χ2v) is 6.45. The average molecular weight is 243 g/mol. The summed E-state index contributed by atoms with van der Waals surface area (Å²) in [4.78, 5) is 0. The van der Waals surface area contributed by atoms with Crippen molar-refractivity contribution in [2.75, 3.05) is 6.61 Å². The van der Waals surface area contributed by atoms with Crippen molar-refractivity contribution in [3.05, 3.63) is 0 Å². The van der Waals surface area contributed by atoms with Crippen molar-refractivity contribution in [2.45, 2.75) is 50.8 Å². The van der Waals surface area contributed by atoms with Crippen molar-refractivity contribution in [2.24, 2.45) is 0 Å². The molecule has 0 bridgehead atoms. The van der Waals surface area contributed by atoms with Crippen molar-refractivity contribution in [3.63, 3.8) is 0 Å². The van der Waals surface area contributed by atoms with Gasteiger partial charge in [-0.2, -0.15) is 0 Å². The first-order valence-corrected chi connectivity index (χ1v) is 5.93. The van der Waals surface area contributed by atoms with Crippen LogP contribution < -0.4 is 4.72 Å². The summed E-state index contributed by atoms with van der Waals surface area (Å²) in [6.07, 6.45) is -0.623. The monoisotopic (exact) mass is 243 g/mol. The first-order chi connectivity index (χ1) is 6.61. The van der Waals surface area contributed by atoms with Gasteiger partial charge in [0.1, 0.15) is 10.8 Å². The molecule has 0 saturated carbocycles. The summed E-state index contributed by atoms with van der Waals surface area (Å²) in [6, 6.07) is -1.22. The number of nitrogens with one attached hydrogen (secondary N) is 1. The maximum absolute atomic E-state index is 13.2. The van der Waals surface area contributed by atoms with Gasteiger partial charge < -0.3 is 9.66 Å². The Bertz CT molecular complexity index is 197. The normalized spacial score (nSPS) is 17.6. The molecular weight excluding hydrogens is 224 g/mol. The van der Waals surface area contributed by atoms with Gasteiger partial charge in [0, 0.05) is 24.4 Å². The molecule has 2 N–H and O–H groups in total. The zero-order chi connectivity index (χ0) is 12.3. The summed E-state index contributed by atoms with van der Waals surface area (Å²) < 4.78 is 39.7. The Kier molecular flexibility index (Phi) is 5.46. The first kappa shape index (κ1) is 15.1. The molecule has 0 heterocycles. The molecule has 0 radical (unpaired) electrons. The molecule has 1 unspecified atom stereocenters. The third-order valence-corrected chi connectivity index (χ3v) is 3.60. The topological polar surface area (TPSA) is 55.3 Å². The van der Waals surface area contributed by atoms with Crippen LogP contribution in [0.5, 0.6) is 0 Å². The third kappa shape index (κ3) is 5.10. The van der Waals surface area contributed by atoms with Gasteiger partial charge in [-0.3, -0.25) is 0 Å². The van der Waals surface area contributed by atoms with Gasteiger partial charge in [0.15, 0.2) is 0 Å². The molecule has 2 atom stereocenters. The van der Waals surface area contributed by atoms with E-state index in [1.54, 1.807) is 20.8 Å². The molecule has 0 aromatic rings. The summed E-state index contributed by atoms with van der Waals surface area (Å²) in [5, 5.41) is 8.46. The van der Waals surface area contributed by atoms with Crippen molar-refractivity contribution in [3.8, 4) is 0 Å². The second kappa shape index (κ2) is 5.43. The van der Waals surface area contributed by atoms with E-state index in [4.69, 9.17) is 5.11 Å². The minimum Gasteiger partial charge on any atom is -0.598 e. The number of hydrogen-bond donors (Lipinski definition) is 2. The fraction of sp³-hybridized carbons (Fsp3) is 1.00. The largest absolute Gasteiger partial charge is 0.598 e. The molecule has 0 aliphatic heterocycles. The number of aliphatic hydroxyl groups is 1. The standard InChI is InChI=1S/C9H19F2NO2S/c1-7(9(10,11)5-6-13)12-15(14)8(2,3)4/h7,12-13H,5-6H2,1-4H3/t7-,15?/m0/s1. The van der Waals surface area contributed by atoms with Gasteiger partial charge in [-0.05, 0) is 27.7 Å². The minimum atomic E-state index is -3.05. The van der Waals surface area contributed by atoms with Crippen LogP contribution >= 0.6 is 0 Å². The molecule has 92 valence electrons. The van der Waals surface area contributed by atoms with Gasteiger partial charge in [0.05, 0.1) is 0 Å². The van der Waals surface area contributed by atoms with Crippen LogP contribution in [-0.4, -0.2) is 33.0 Å². The molecular formula is C9H19F2NO2S. The minimum absolute atomic E-state index is 0.580. The van der Waals surface area contributed by atoms with E-state index in [1.807, 2.05) is 0 Å². The van der Waals surface area contributed by atoms with E-state index in [0.717, 1.165) is 0 Å². The Hall–Kier alpha value is 0.0900. The van der Waals surface area contributed by atoms with Crippen LogP contribution in [0.1, 0.15) is 34.1 Å². The molecule has 0 aliphatic rings.